The summed E-state index contributed by atoms with van der Waals surface area (Å²) in [5.41, 5.74) is -0.696. The number of carbonyl (C=O) groups is 2. The normalized spacial score (nSPS) is 24.9. The second-order valence-electron chi connectivity index (χ2n) is 4.86. The van der Waals surface area contributed by atoms with Crippen LogP contribution < -0.4 is 0 Å². The Bertz CT molecular complexity index is 315. The van der Waals surface area contributed by atoms with E-state index in [-0.39, 0.29) is 18.0 Å². The molecular weight excluding hydrogens is 248 g/mol. The van der Waals surface area contributed by atoms with E-state index in [4.69, 9.17) is 9.47 Å². The first-order valence-corrected chi connectivity index (χ1v) is 6.98. The Morgan fingerprint density at radius 1 is 1.21 bits per heavy atom. The molecule has 1 heterocycles. The third-order valence-corrected chi connectivity index (χ3v) is 3.51. The van der Waals surface area contributed by atoms with Crippen LogP contribution in [0.5, 0.6) is 0 Å². The topological polar surface area (TPSA) is 65.1 Å². The minimum atomic E-state index is -0.696. The van der Waals surface area contributed by atoms with Gasteiger partial charge in [-0.1, -0.05) is 12.8 Å². The monoisotopic (exact) mass is 272 g/mol. The molecule has 1 aliphatic heterocycles. The largest absolute Gasteiger partial charge is 0.469 e. The van der Waals surface area contributed by atoms with Crippen molar-refractivity contribution in [1.82, 2.24) is 0 Å². The van der Waals surface area contributed by atoms with Crippen LogP contribution in [0, 0.1) is 0 Å². The predicted molar refractivity (Wildman–Crippen MR) is 69.6 cm³/mol. The van der Waals surface area contributed by atoms with E-state index >= 15 is 0 Å². The van der Waals surface area contributed by atoms with Gasteiger partial charge >= 0.3 is 11.9 Å². The second-order valence-corrected chi connectivity index (χ2v) is 4.86. The molecule has 0 N–H and O–H groups in total. The van der Waals surface area contributed by atoms with Crippen molar-refractivity contribution in [2.24, 2.45) is 0 Å². The summed E-state index contributed by atoms with van der Waals surface area (Å²) in [6.07, 6.45) is 4.80. The average molecular weight is 272 g/mol. The van der Waals surface area contributed by atoms with Crippen LogP contribution in [0.1, 0.15) is 52.4 Å². The minimum absolute atomic E-state index is 0.0402. The smallest absolute Gasteiger partial charge is 0.341 e. The fourth-order valence-electron chi connectivity index (χ4n) is 2.23. The molecule has 0 radical (unpaired) electrons. The zero-order valence-electron chi connectivity index (χ0n) is 12.1. The van der Waals surface area contributed by atoms with Gasteiger partial charge in [-0.15, -0.1) is 0 Å². The summed E-state index contributed by atoms with van der Waals surface area (Å²) in [4.78, 5) is 22.7. The van der Waals surface area contributed by atoms with E-state index in [1.54, 1.807) is 6.92 Å². The van der Waals surface area contributed by atoms with Gasteiger partial charge in [0.25, 0.3) is 0 Å². The van der Waals surface area contributed by atoms with Crippen LogP contribution in [-0.2, 0) is 23.8 Å². The van der Waals surface area contributed by atoms with Crippen LogP contribution in [0.25, 0.3) is 0 Å². The summed E-state index contributed by atoms with van der Waals surface area (Å²) in [5, 5.41) is 0. The molecule has 5 heteroatoms. The van der Waals surface area contributed by atoms with E-state index in [1.807, 2.05) is 6.92 Å². The van der Waals surface area contributed by atoms with E-state index in [1.165, 1.54) is 7.11 Å². The highest BCUT2D eigenvalue weighted by atomic mass is 16.7. The van der Waals surface area contributed by atoms with Gasteiger partial charge in [0.2, 0.25) is 0 Å². The van der Waals surface area contributed by atoms with Crippen molar-refractivity contribution in [2.45, 2.75) is 64.1 Å². The standard InChI is InChI=1S/C14H24O5/c1-4-18-13(16)14(11(2)19-14)10-8-6-5-7-9-12(15)17-3/h11H,4-10H2,1-3H3. The highest BCUT2D eigenvalue weighted by Gasteiger charge is 2.60. The Kier molecular flexibility index (Phi) is 6.28. The molecule has 1 saturated heterocycles. The summed E-state index contributed by atoms with van der Waals surface area (Å²) in [6, 6.07) is 0. The maximum atomic E-state index is 11.8. The van der Waals surface area contributed by atoms with Gasteiger partial charge in [0.1, 0.15) is 0 Å². The molecule has 0 aromatic heterocycles. The van der Waals surface area contributed by atoms with Gasteiger partial charge in [-0.05, 0) is 33.1 Å². The Labute approximate surface area is 114 Å². The Morgan fingerprint density at radius 3 is 2.37 bits per heavy atom. The number of methoxy groups -OCH3 is 1. The van der Waals surface area contributed by atoms with Gasteiger partial charge in [0, 0.05) is 6.42 Å². The lowest BCUT2D eigenvalue weighted by atomic mass is 9.97. The quantitative estimate of drug-likeness (QED) is 0.366. The fourth-order valence-corrected chi connectivity index (χ4v) is 2.23. The van der Waals surface area contributed by atoms with Gasteiger partial charge < -0.3 is 14.2 Å². The van der Waals surface area contributed by atoms with Crippen molar-refractivity contribution < 1.29 is 23.8 Å². The molecule has 0 bridgehead atoms. The van der Waals surface area contributed by atoms with Crippen LogP contribution in [0.15, 0.2) is 0 Å². The summed E-state index contributed by atoms with van der Waals surface area (Å²) in [6.45, 7) is 4.08. The molecule has 0 spiro atoms. The minimum Gasteiger partial charge on any atom is -0.469 e. The average Bonchev–Trinajstić information content (AvgIpc) is 3.05. The molecule has 5 nitrogen and oxygen atoms in total. The number of rotatable bonds is 9. The highest BCUT2D eigenvalue weighted by molar-refractivity contribution is 5.83. The van der Waals surface area contributed by atoms with E-state index in [2.05, 4.69) is 4.74 Å². The SMILES string of the molecule is CCOC(=O)C1(CCCCCCC(=O)OC)OC1C. The molecule has 1 fully saturated rings. The summed E-state index contributed by atoms with van der Waals surface area (Å²) in [5.74, 6) is -0.404. The first-order valence-electron chi connectivity index (χ1n) is 6.98. The lowest BCUT2D eigenvalue weighted by molar-refractivity contribution is -0.149. The molecule has 0 aromatic carbocycles. The van der Waals surface area contributed by atoms with E-state index < -0.39 is 5.60 Å². The molecule has 2 atom stereocenters. The van der Waals surface area contributed by atoms with Crippen LogP contribution in [-0.4, -0.2) is 37.4 Å². The third kappa shape index (κ3) is 4.49. The van der Waals surface area contributed by atoms with Crippen molar-refractivity contribution in [3.8, 4) is 0 Å². The van der Waals surface area contributed by atoms with E-state index in [0.717, 1.165) is 25.7 Å². The maximum absolute atomic E-state index is 11.8. The number of epoxide rings is 1. The molecule has 19 heavy (non-hydrogen) atoms. The van der Waals surface area contributed by atoms with E-state index in [9.17, 15) is 9.59 Å². The Morgan fingerprint density at radius 2 is 1.84 bits per heavy atom. The first-order chi connectivity index (χ1) is 9.06. The van der Waals surface area contributed by atoms with Crippen molar-refractivity contribution in [1.29, 1.82) is 0 Å². The molecule has 0 aliphatic carbocycles. The zero-order chi connectivity index (χ0) is 14.3. The number of hydrogen-bond acceptors (Lipinski definition) is 5. The number of hydrogen-bond donors (Lipinski definition) is 0. The summed E-state index contributed by atoms with van der Waals surface area (Å²) < 4.78 is 15.0. The lowest BCUT2D eigenvalue weighted by Crippen LogP contribution is -2.29. The van der Waals surface area contributed by atoms with Gasteiger partial charge in [-0.2, -0.15) is 0 Å². The number of carbonyl (C=O) groups excluding carboxylic acids is 2. The number of esters is 2. The van der Waals surface area contributed by atoms with Crippen LogP contribution in [0.4, 0.5) is 0 Å². The van der Waals surface area contributed by atoms with Gasteiger partial charge in [-0.3, -0.25) is 4.79 Å². The Hall–Kier alpha value is -1.10. The molecule has 2 unspecified atom stereocenters. The highest BCUT2D eigenvalue weighted by Crippen LogP contribution is 2.42. The zero-order valence-corrected chi connectivity index (χ0v) is 12.1. The molecule has 1 rings (SSSR count). The van der Waals surface area contributed by atoms with Crippen molar-refractivity contribution in [2.75, 3.05) is 13.7 Å². The molecule has 0 amide bonds. The van der Waals surface area contributed by atoms with Crippen molar-refractivity contribution >= 4 is 11.9 Å². The summed E-state index contributed by atoms with van der Waals surface area (Å²) in [7, 11) is 1.40. The van der Waals surface area contributed by atoms with Gasteiger partial charge in [0.05, 0.1) is 19.8 Å². The molecule has 0 aromatic rings. The van der Waals surface area contributed by atoms with Crippen LogP contribution >= 0.6 is 0 Å². The molecule has 110 valence electrons. The second kappa shape index (κ2) is 7.48. The Balaban J connectivity index is 2.14. The first kappa shape index (κ1) is 16.0. The van der Waals surface area contributed by atoms with Gasteiger partial charge in [0.15, 0.2) is 5.60 Å². The van der Waals surface area contributed by atoms with Gasteiger partial charge in [-0.25, -0.2) is 4.79 Å². The van der Waals surface area contributed by atoms with Crippen LogP contribution in [0.3, 0.4) is 0 Å². The molecule has 1 aliphatic rings. The van der Waals surface area contributed by atoms with Crippen molar-refractivity contribution in [3.05, 3.63) is 0 Å². The molecule has 0 saturated carbocycles. The third-order valence-electron chi connectivity index (χ3n) is 3.51. The van der Waals surface area contributed by atoms with Crippen molar-refractivity contribution in [3.63, 3.8) is 0 Å². The lowest BCUT2D eigenvalue weighted by Gasteiger charge is -2.11. The summed E-state index contributed by atoms with van der Waals surface area (Å²) >= 11 is 0. The fraction of sp³-hybridized carbons (Fsp3) is 0.857. The number of unbranched alkanes of at least 4 members (excludes halogenated alkanes) is 3. The number of ether oxygens (including phenoxy) is 3. The van der Waals surface area contributed by atoms with E-state index in [0.29, 0.717) is 19.4 Å². The predicted octanol–water partition coefficient (Wildman–Crippen LogP) is 2.22. The van der Waals surface area contributed by atoms with Crippen LogP contribution in [0.2, 0.25) is 0 Å². The molecular formula is C14H24O5. The maximum Gasteiger partial charge on any atom is 0.341 e.